The minimum absolute atomic E-state index is 0.219. The first kappa shape index (κ1) is 11.3. The van der Waals surface area contributed by atoms with E-state index in [9.17, 15) is 5.11 Å². The van der Waals surface area contributed by atoms with Gasteiger partial charge in [0.2, 0.25) is 0 Å². The lowest BCUT2D eigenvalue weighted by atomic mass is 9.83. The Morgan fingerprint density at radius 1 is 1.25 bits per heavy atom. The van der Waals surface area contributed by atoms with E-state index in [4.69, 9.17) is 4.74 Å². The summed E-state index contributed by atoms with van der Waals surface area (Å²) in [6, 6.07) is 3.72. The quantitative estimate of drug-likeness (QED) is 0.823. The molecule has 1 saturated carbocycles. The molecule has 1 radical (unpaired) electrons. The van der Waals surface area contributed by atoms with E-state index >= 15 is 0 Å². The Balaban J connectivity index is 2.35. The van der Waals surface area contributed by atoms with E-state index in [1.807, 2.05) is 6.07 Å². The third-order valence-corrected chi connectivity index (χ3v) is 3.52. The highest BCUT2D eigenvalue weighted by atomic mass is 16.5. The van der Waals surface area contributed by atoms with Crippen molar-refractivity contribution >= 4 is 0 Å². The van der Waals surface area contributed by atoms with Gasteiger partial charge in [-0.2, -0.15) is 0 Å². The highest BCUT2D eigenvalue weighted by Gasteiger charge is 2.21. The van der Waals surface area contributed by atoms with Crippen LogP contribution in [0.1, 0.15) is 49.1 Å². The minimum atomic E-state index is 0.219. The SMILES string of the molecule is [CH2]c1c(O)ccc(C2CCCCC2)c1OC. The lowest BCUT2D eigenvalue weighted by molar-refractivity contribution is 0.380. The summed E-state index contributed by atoms with van der Waals surface area (Å²) in [5.41, 5.74) is 1.83. The van der Waals surface area contributed by atoms with Gasteiger partial charge >= 0.3 is 0 Å². The summed E-state index contributed by atoms with van der Waals surface area (Å²) < 4.78 is 5.39. The number of hydrogen-bond acceptors (Lipinski definition) is 2. The fourth-order valence-electron chi connectivity index (χ4n) is 2.61. The van der Waals surface area contributed by atoms with E-state index in [-0.39, 0.29) is 5.75 Å². The van der Waals surface area contributed by atoms with E-state index in [1.165, 1.54) is 37.7 Å². The van der Waals surface area contributed by atoms with Gasteiger partial charge in [-0.15, -0.1) is 0 Å². The molecule has 1 aliphatic carbocycles. The number of methoxy groups -OCH3 is 1. The molecule has 0 heterocycles. The summed E-state index contributed by atoms with van der Waals surface area (Å²) in [7, 11) is 1.65. The normalized spacial score (nSPS) is 17.4. The van der Waals surface area contributed by atoms with Crippen LogP contribution >= 0.6 is 0 Å². The molecule has 0 atom stereocenters. The predicted molar refractivity (Wildman–Crippen MR) is 64.9 cm³/mol. The Labute approximate surface area is 97.3 Å². The Bertz CT molecular complexity index is 365. The van der Waals surface area contributed by atoms with Gasteiger partial charge in [-0.1, -0.05) is 25.3 Å². The number of phenols is 1. The molecular formula is C14H19O2. The number of aromatic hydroxyl groups is 1. The van der Waals surface area contributed by atoms with Crippen molar-refractivity contribution < 1.29 is 9.84 Å². The lowest BCUT2D eigenvalue weighted by Crippen LogP contribution is -2.07. The molecule has 0 bridgehead atoms. The summed E-state index contributed by atoms with van der Waals surface area (Å²) in [4.78, 5) is 0. The van der Waals surface area contributed by atoms with Crippen molar-refractivity contribution in [1.29, 1.82) is 0 Å². The Kier molecular flexibility index (Phi) is 3.37. The Morgan fingerprint density at radius 3 is 2.56 bits per heavy atom. The van der Waals surface area contributed by atoms with Gasteiger partial charge < -0.3 is 9.84 Å². The summed E-state index contributed by atoms with van der Waals surface area (Å²) in [5, 5.41) is 9.61. The molecule has 16 heavy (non-hydrogen) atoms. The Hall–Kier alpha value is -1.18. The summed E-state index contributed by atoms with van der Waals surface area (Å²) in [5.74, 6) is 1.56. The maximum atomic E-state index is 9.61. The zero-order valence-corrected chi connectivity index (χ0v) is 9.83. The molecule has 2 rings (SSSR count). The molecule has 2 nitrogen and oxygen atoms in total. The number of phenolic OH excluding ortho intramolecular Hbond substituents is 1. The average Bonchev–Trinajstić information content (AvgIpc) is 2.33. The molecular weight excluding hydrogens is 200 g/mol. The van der Waals surface area contributed by atoms with E-state index in [0.29, 0.717) is 11.5 Å². The second kappa shape index (κ2) is 4.77. The third-order valence-electron chi connectivity index (χ3n) is 3.52. The topological polar surface area (TPSA) is 29.5 Å². The van der Waals surface area contributed by atoms with Crippen LogP contribution in [-0.2, 0) is 0 Å². The molecule has 0 saturated heterocycles. The third kappa shape index (κ3) is 2.01. The molecule has 1 aliphatic rings. The highest BCUT2D eigenvalue weighted by Crippen LogP contribution is 2.41. The van der Waals surface area contributed by atoms with Gasteiger partial charge in [0.05, 0.1) is 7.11 Å². The van der Waals surface area contributed by atoms with Crippen LogP contribution in [0, 0.1) is 6.92 Å². The van der Waals surface area contributed by atoms with Gasteiger partial charge in [0.1, 0.15) is 11.5 Å². The van der Waals surface area contributed by atoms with Crippen LogP contribution in [0.5, 0.6) is 11.5 Å². The van der Waals surface area contributed by atoms with Crippen LogP contribution < -0.4 is 4.74 Å². The average molecular weight is 219 g/mol. The lowest BCUT2D eigenvalue weighted by Gasteiger charge is -2.24. The fraction of sp³-hybridized carbons (Fsp3) is 0.500. The molecule has 0 aromatic heterocycles. The van der Waals surface area contributed by atoms with Crippen molar-refractivity contribution in [3.63, 3.8) is 0 Å². The second-order valence-corrected chi connectivity index (χ2v) is 4.52. The van der Waals surface area contributed by atoms with E-state index in [0.717, 1.165) is 5.75 Å². The van der Waals surface area contributed by atoms with Crippen molar-refractivity contribution in [3.05, 3.63) is 30.2 Å². The zero-order chi connectivity index (χ0) is 11.5. The number of benzene rings is 1. The van der Waals surface area contributed by atoms with Gasteiger partial charge in [0, 0.05) is 5.56 Å². The van der Waals surface area contributed by atoms with E-state index in [1.54, 1.807) is 13.2 Å². The van der Waals surface area contributed by atoms with Crippen molar-refractivity contribution in [3.8, 4) is 11.5 Å². The van der Waals surface area contributed by atoms with Crippen LogP contribution in [0.2, 0.25) is 0 Å². The van der Waals surface area contributed by atoms with Gasteiger partial charge in [-0.25, -0.2) is 0 Å². The summed E-state index contributed by atoms with van der Waals surface area (Å²) >= 11 is 0. The van der Waals surface area contributed by atoms with Gasteiger partial charge in [0.15, 0.2) is 0 Å². The molecule has 1 fully saturated rings. The van der Waals surface area contributed by atoms with Crippen LogP contribution in [0.4, 0.5) is 0 Å². The van der Waals surface area contributed by atoms with Crippen molar-refractivity contribution in [2.75, 3.05) is 7.11 Å². The summed E-state index contributed by atoms with van der Waals surface area (Å²) in [6.07, 6.45) is 6.37. The predicted octanol–water partition coefficient (Wildman–Crippen LogP) is 3.63. The van der Waals surface area contributed by atoms with Crippen LogP contribution in [0.3, 0.4) is 0 Å². The Morgan fingerprint density at radius 2 is 1.94 bits per heavy atom. The molecule has 0 unspecified atom stereocenters. The van der Waals surface area contributed by atoms with Crippen molar-refractivity contribution in [1.82, 2.24) is 0 Å². The van der Waals surface area contributed by atoms with E-state index < -0.39 is 0 Å². The largest absolute Gasteiger partial charge is 0.508 e. The summed E-state index contributed by atoms with van der Waals surface area (Å²) in [6.45, 7) is 3.87. The van der Waals surface area contributed by atoms with Crippen LogP contribution in [0.15, 0.2) is 12.1 Å². The van der Waals surface area contributed by atoms with Crippen molar-refractivity contribution in [2.24, 2.45) is 0 Å². The molecule has 2 heteroatoms. The minimum Gasteiger partial charge on any atom is -0.508 e. The molecule has 1 aromatic rings. The first-order valence-electron chi connectivity index (χ1n) is 5.96. The van der Waals surface area contributed by atoms with Crippen LogP contribution in [-0.4, -0.2) is 12.2 Å². The van der Waals surface area contributed by atoms with Gasteiger partial charge in [-0.3, -0.25) is 0 Å². The van der Waals surface area contributed by atoms with Gasteiger partial charge in [-0.05, 0) is 37.3 Å². The van der Waals surface area contributed by atoms with E-state index in [2.05, 4.69) is 6.92 Å². The molecule has 0 spiro atoms. The number of ether oxygens (including phenoxy) is 1. The monoisotopic (exact) mass is 219 g/mol. The first-order chi connectivity index (χ1) is 7.74. The number of hydrogen-bond donors (Lipinski definition) is 1. The second-order valence-electron chi connectivity index (χ2n) is 4.52. The molecule has 87 valence electrons. The van der Waals surface area contributed by atoms with Gasteiger partial charge in [0.25, 0.3) is 0 Å². The maximum absolute atomic E-state index is 9.61. The number of rotatable bonds is 2. The fourth-order valence-corrected chi connectivity index (χ4v) is 2.61. The standard InChI is InChI=1S/C14H19O2/c1-10-13(15)9-8-12(14(10)16-2)11-6-4-3-5-7-11/h8-9,11,15H,1,3-7H2,2H3. The highest BCUT2D eigenvalue weighted by molar-refractivity contribution is 5.52. The molecule has 1 N–H and O–H groups in total. The molecule has 1 aromatic carbocycles. The first-order valence-corrected chi connectivity index (χ1v) is 5.96. The zero-order valence-electron chi connectivity index (χ0n) is 9.83. The molecule has 0 amide bonds. The van der Waals surface area contributed by atoms with Crippen molar-refractivity contribution in [2.45, 2.75) is 38.0 Å². The smallest absolute Gasteiger partial charge is 0.129 e. The molecule has 0 aliphatic heterocycles. The van der Waals surface area contributed by atoms with Crippen LogP contribution in [0.25, 0.3) is 0 Å². The maximum Gasteiger partial charge on any atom is 0.129 e.